The van der Waals surface area contributed by atoms with Crippen LogP contribution in [0.2, 0.25) is 0 Å². The summed E-state index contributed by atoms with van der Waals surface area (Å²) >= 11 is 0. The van der Waals surface area contributed by atoms with E-state index in [2.05, 4.69) is 26.7 Å². The van der Waals surface area contributed by atoms with Crippen LogP contribution in [0.15, 0.2) is 24.4 Å². The van der Waals surface area contributed by atoms with Crippen molar-refractivity contribution in [2.75, 3.05) is 17.2 Å². The van der Waals surface area contributed by atoms with Gasteiger partial charge in [-0.25, -0.2) is 4.98 Å². The Hall–Kier alpha value is -2.67. The lowest BCUT2D eigenvalue weighted by Crippen LogP contribution is -2.28. The average Bonchev–Trinajstić information content (AvgIpc) is 2.51. The third kappa shape index (κ3) is 4.66. The maximum absolute atomic E-state index is 11.6. The van der Waals surface area contributed by atoms with Crippen LogP contribution in [0.4, 0.5) is 17.5 Å². The number of carbonyl (C=O) groups is 1. The van der Waals surface area contributed by atoms with E-state index in [1.807, 2.05) is 32.9 Å². The van der Waals surface area contributed by atoms with Gasteiger partial charge in [0.25, 0.3) is 5.91 Å². The number of aryl methyl sites for hydroxylation is 2. The normalized spacial score (nSPS) is 11.8. The highest BCUT2D eigenvalue weighted by Crippen LogP contribution is 2.21. The van der Waals surface area contributed by atoms with E-state index in [0.717, 1.165) is 23.2 Å². The number of amides is 1. The average molecular weight is 328 g/mol. The number of benzene rings is 1. The van der Waals surface area contributed by atoms with Crippen molar-refractivity contribution in [3.63, 3.8) is 0 Å². The molecular formula is C17H24N6O. The predicted molar refractivity (Wildman–Crippen MR) is 96.5 cm³/mol. The molecule has 1 atom stereocenters. The van der Waals surface area contributed by atoms with Crippen molar-refractivity contribution >= 4 is 23.4 Å². The number of hydrogen-bond acceptors (Lipinski definition) is 6. The SMILES string of the molecule is CC[C@H](N)CNc1ncc(C(N)=O)c(Nc2cc(C)cc(C)c2)n1. The Labute approximate surface area is 141 Å². The highest BCUT2D eigenvalue weighted by atomic mass is 16.1. The van der Waals surface area contributed by atoms with Gasteiger partial charge in [-0.05, 0) is 43.5 Å². The molecule has 7 nitrogen and oxygen atoms in total. The van der Waals surface area contributed by atoms with E-state index in [1.165, 1.54) is 6.20 Å². The molecule has 128 valence electrons. The molecule has 0 aliphatic carbocycles. The first-order valence-corrected chi connectivity index (χ1v) is 7.90. The highest BCUT2D eigenvalue weighted by molar-refractivity contribution is 5.98. The number of aromatic nitrogens is 2. The molecule has 2 rings (SSSR count). The van der Waals surface area contributed by atoms with Gasteiger partial charge in [-0.15, -0.1) is 0 Å². The fraction of sp³-hybridized carbons (Fsp3) is 0.353. The number of nitrogens with zero attached hydrogens (tertiary/aromatic N) is 2. The van der Waals surface area contributed by atoms with Crippen LogP contribution < -0.4 is 22.1 Å². The Bertz CT molecular complexity index is 711. The van der Waals surface area contributed by atoms with Crippen LogP contribution in [0.3, 0.4) is 0 Å². The Balaban J connectivity index is 2.29. The van der Waals surface area contributed by atoms with Crippen molar-refractivity contribution in [2.45, 2.75) is 33.2 Å². The Kier molecular flexibility index (Phi) is 5.70. The van der Waals surface area contributed by atoms with Crippen molar-refractivity contribution in [1.29, 1.82) is 0 Å². The molecule has 7 heteroatoms. The van der Waals surface area contributed by atoms with Crippen LogP contribution in [-0.4, -0.2) is 28.5 Å². The summed E-state index contributed by atoms with van der Waals surface area (Å²) in [6.45, 7) is 6.57. The summed E-state index contributed by atoms with van der Waals surface area (Å²) in [6.07, 6.45) is 2.26. The molecular weight excluding hydrogens is 304 g/mol. The molecule has 1 heterocycles. The van der Waals surface area contributed by atoms with Gasteiger partial charge in [0.05, 0.1) is 0 Å². The van der Waals surface area contributed by atoms with E-state index in [-0.39, 0.29) is 11.6 Å². The number of carbonyl (C=O) groups excluding carboxylic acids is 1. The summed E-state index contributed by atoms with van der Waals surface area (Å²) in [6, 6.07) is 6.03. The molecule has 0 radical (unpaired) electrons. The first-order chi connectivity index (χ1) is 11.4. The van der Waals surface area contributed by atoms with Crippen molar-refractivity contribution < 1.29 is 4.79 Å². The smallest absolute Gasteiger partial charge is 0.254 e. The first kappa shape index (κ1) is 17.7. The van der Waals surface area contributed by atoms with E-state index in [0.29, 0.717) is 18.3 Å². The zero-order valence-corrected chi connectivity index (χ0v) is 14.3. The second-order valence-electron chi connectivity index (χ2n) is 5.87. The van der Waals surface area contributed by atoms with E-state index in [1.54, 1.807) is 0 Å². The Morgan fingerprint density at radius 1 is 1.25 bits per heavy atom. The van der Waals surface area contributed by atoms with E-state index in [9.17, 15) is 4.79 Å². The molecule has 2 aromatic rings. The first-order valence-electron chi connectivity index (χ1n) is 7.90. The summed E-state index contributed by atoms with van der Waals surface area (Å²) in [5.74, 6) is 0.185. The lowest BCUT2D eigenvalue weighted by molar-refractivity contribution is 0.100. The zero-order valence-electron chi connectivity index (χ0n) is 14.3. The molecule has 24 heavy (non-hydrogen) atoms. The van der Waals surface area contributed by atoms with Crippen molar-refractivity contribution in [2.24, 2.45) is 11.5 Å². The number of primary amides is 1. The zero-order chi connectivity index (χ0) is 17.7. The predicted octanol–water partition coefficient (Wildman–Crippen LogP) is 2.09. The summed E-state index contributed by atoms with van der Waals surface area (Å²) in [5.41, 5.74) is 14.6. The fourth-order valence-corrected chi connectivity index (χ4v) is 2.29. The number of nitrogens with two attached hydrogens (primary N) is 2. The van der Waals surface area contributed by atoms with E-state index < -0.39 is 5.91 Å². The van der Waals surface area contributed by atoms with E-state index >= 15 is 0 Å². The van der Waals surface area contributed by atoms with Gasteiger partial charge >= 0.3 is 0 Å². The minimum Gasteiger partial charge on any atom is -0.365 e. The monoisotopic (exact) mass is 328 g/mol. The molecule has 6 N–H and O–H groups in total. The van der Waals surface area contributed by atoms with Gasteiger partial charge in [0.2, 0.25) is 5.95 Å². The number of anilines is 3. The summed E-state index contributed by atoms with van der Waals surface area (Å²) in [7, 11) is 0. The highest BCUT2D eigenvalue weighted by Gasteiger charge is 2.13. The number of rotatable bonds is 7. The van der Waals surface area contributed by atoms with Gasteiger partial charge in [-0.3, -0.25) is 4.79 Å². The molecule has 0 spiro atoms. The van der Waals surface area contributed by atoms with Gasteiger partial charge < -0.3 is 22.1 Å². The van der Waals surface area contributed by atoms with Crippen LogP contribution in [-0.2, 0) is 0 Å². The second kappa shape index (κ2) is 7.74. The molecule has 1 aromatic carbocycles. The molecule has 0 saturated carbocycles. The molecule has 0 unspecified atom stereocenters. The second-order valence-corrected chi connectivity index (χ2v) is 5.87. The summed E-state index contributed by atoms with van der Waals surface area (Å²) in [5, 5.41) is 6.23. The minimum absolute atomic E-state index is 0.0141. The van der Waals surface area contributed by atoms with Gasteiger partial charge in [0, 0.05) is 24.5 Å². The lowest BCUT2D eigenvalue weighted by Gasteiger charge is -2.14. The third-order valence-corrected chi connectivity index (χ3v) is 3.59. The fourth-order valence-electron chi connectivity index (χ4n) is 2.29. The topological polar surface area (TPSA) is 119 Å². The molecule has 0 aliphatic rings. The molecule has 1 amide bonds. The molecule has 0 aliphatic heterocycles. The van der Waals surface area contributed by atoms with Crippen LogP contribution >= 0.6 is 0 Å². The van der Waals surface area contributed by atoms with Crippen LogP contribution in [0.25, 0.3) is 0 Å². The van der Waals surface area contributed by atoms with Gasteiger partial charge in [-0.2, -0.15) is 4.98 Å². The standard InChI is InChI=1S/C17H24N6O/c1-4-12(18)8-20-17-21-9-14(15(19)24)16(23-17)22-13-6-10(2)5-11(3)7-13/h5-7,9,12H,4,8,18H2,1-3H3,(H2,19,24)(H2,20,21,22,23)/t12-/m0/s1. The Morgan fingerprint density at radius 2 is 1.92 bits per heavy atom. The number of hydrogen-bond donors (Lipinski definition) is 4. The van der Waals surface area contributed by atoms with Gasteiger partial charge in [0.1, 0.15) is 11.4 Å². The summed E-state index contributed by atoms with van der Waals surface area (Å²) in [4.78, 5) is 20.1. The molecule has 0 saturated heterocycles. The van der Waals surface area contributed by atoms with Gasteiger partial charge in [-0.1, -0.05) is 13.0 Å². The lowest BCUT2D eigenvalue weighted by atomic mass is 10.1. The molecule has 1 aromatic heterocycles. The van der Waals surface area contributed by atoms with Crippen molar-refractivity contribution in [3.8, 4) is 0 Å². The minimum atomic E-state index is -0.585. The third-order valence-electron chi connectivity index (χ3n) is 3.59. The van der Waals surface area contributed by atoms with Crippen LogP contribution in [0.5, 0.6) is 0 Å². The van der Waals surface area contributed by atoms with Gasteiger partial charge in [0.15, 0.2) is 0 Å². The van der Waals surface area contributed by atoms with Crippen LogP contribution in [0, 0.1) is 13.8 Å². The summed E-state index contributed by atoms with van der Waals surface area (Å²) < 4.78 is 0. The van der Waals surface area contributed by atoms with E-state index in [4.69, 9.17) is 11.5 Å². The maximum Gasteiger partial charge on any atom is 0.254 e. The van der Waals surface area contributed by atoms with Crippen molar-refractivity contribution in [1.82, 2.24) is 9.97 Å². The molecule has 0 fully saturated rings. The van der Waals surface area contributed by atoms with Crippen LogP contribution in [0.1, 0.15) is 34.8 Å². The Morgan fingerprint density at radius 3 is 2.50 bits per heavy atom. The number of nitrogens with one attached hydrogen (secondary N) is 2. The van der Waals surface area contributed by atoms with Crippen molar-refractivity contribution in [3.05, 3.63) is 41.1 Å². The maximum atomic E-state index is 11.6. The molecule has 0 bridgehead atoms. The quantitative estimate of drug-likeness (QED) is 0.618. The largest absolute Gasteiger partial charge is 0.365 e.